The molecule has 0 aromatic carbocycles. The van der Waals surface area contributed by atoms with Crippen molar-refractivity contribution in [3.8, 4) is 0 Å². The maximum Gasteiger partial charge on any atom is 0.108 e. The van der Waals surface area contributed by atoms with Gasteiger partial charge in [0.15, 0.2) is 0 Å². The van der Waals surface area contributed by atoms with E-state index in [4.69, 9.17) is 5.21 Å². The molecule has 0 aliphatic rings. The molecule has 0 saturated carbocycles. The van der Waals surface area contributed by atoms with Gasteiger partial charge in [0.05, 0.1) is 12.7 Å². The van der Waals surface area contributed by atoms with Crippen LogP contribution >= 0.6 is 15.9 Å². The van der Waals surface area contributed by atoms with Crippen molar-refractivity contribution in [2.75, 3.05) is 7.05 Å². The minimum absolute atomic E-state index is 0.487. The van der Waals surface area contributed by atoms with E-state index in [1.165, 1.54) is 0 Å². The van der Waals surface area contributed by atoms with Crippen LogP contribution in [-0.4, -0.2) is 27.1 Å². The highest BCUT2D eigenvalue weighted by atomic mass is 79.9. The highest BCUT2D eigenvalue weighted by Gasteiger charge is 2.07. The number of hydroxylamine groups is 2. The SMILES string of the molecule is CCn1ncc(CN(C)O)c1Br. The van der Waals surface area contributed by atoms with E-state index in [1.54, 1.807) is 13.2 Å². The largest absolute Gasteiger partial charge is 0.314 e. The number of hydrogen-bond acceptors (Lipinski definition) is 3. The maximum atomic E-state index is 8.99. The lowest BCUT2D eigenvalue weighted by molar-refractivity contribution is -0.0733. The highest BCUT2D eigenvalue weighted by molar-refractivity contribution is 9.10. The summed E-state index contributed by atoms with van der Waals surface area (Å²) in [6.07, 6.45) is 1.75. The van der Waals surface area contributed by atoms with Gasteiger partial charge in [0.2, 0.25) is 0 Å². The zero-order valence-corrected chi connectivity index (χ0v) is 8.74. The fourth-order valence-electron chi connectivity index (χ4n) is 0.982. The molecule has 0 spiro atoms. The Labute approximate surface area is 79.9 Å². The number of rotatable bonds is 3. The second-order valence-electron chi connectivity index (χ2n) is 2.59. The molecule has 0 fully saturated rings. The van der Waals surface area contributed by atoms with Crippen LogP contribution in [0.3, 0.4) is 0 Å². The van der Waals surface area contributed by atoms with Gasteiger partial charge < -0.3 is 5.21 Å². The molecule has 1 aromatic heterocycles. The van der Waals surface area contributed by atoms with Crippen molar-refractivity contribution in [1.29, 1.82) is 0 Å². The van der Waals surface area contributed by atoms with Gasteiger partial charge in [0.1, 0.15) is 4.60 Å². The molecular weight excluding hydrogens is 222 g/mol. The van der Waals surface area contributed by atoms with E-state index >= 15 is 0 Å². The van der Waals surface area contributed by atoms with Crippen LogP contribution in [0.4, 0.5) is 0 Å². The predicted octanol–water partition coefficient (Wildman–Crippen LogP) is 1.49. The third kappa shape index (κ3) is 2.06. The van der Waals surface area contributed by atoms with E-state index in [0.29, 0.717) is 6.54 Å². The molecule has 0 saturated heterocycles. The molecule has 0 aliphatic carbocycles. The van der Waals surface area contributed by atoms with Gasteiger partial charge in [-0.25, -0.2) is 0 Å². The summed E-state index contributed by atoms with van der Waals surface area (Å²) in [5.41, 5.74) is 0.988. The van der Waals surface area contributed by atoms with E-state index < -0.39 is 0 Å². The Morgan fingerprint density at radius 2 is 2.42 bits per heavy atom. The van der Waals surface area contributed by atoms with Crippen LogP contribution in [0.15, 0.2) is 10.8 Å². The fourth-order valence-corrected chi connectivity index (χ4v) is 1.55. The zero-order chi connectivity index (χ0) is 9.14. The molecule has 68 valence electrons. The average Bonchev–Trinajstić information content (AvgIpc) is 2.32. The highest BCUT2D eigenvalue weighted by Crippen LogP contribution is 2.16. The van der Waals surface area contributed by atoms with Crippen LogP contribution in [0.5, 0.6) is 0 Å². The lowest BCUT2D eigenvalue weighted by atomic mass is 10.4. The molecule has 0 atom stereocenters. The number of aromatic nitrogens is 2. The first kappa shape index (κ1) is 9.70. The van der Waals surface area contributed by atoms with Gasteiger partial charge in [-0.1, -0.05) is 0 Å². The molecule has 4 nitrogen and oxygen atoms in total. The summed E-state index contributed by atoms with van der Waals surface area (Å²) in [6, 6.07) is 0. The van der Waals surface area contributed by atoms with Crippen LogP contribution in [0.1, 0.15) is 12.5 Å². The van der Waals surface area contributed by atoms with Crippen LogP contribution < -0.4 is 0 Å². The molecule has 0 aliphatic heterocycles. The van der Waals surface area contributed by atoms with Gasteiger partial charge in [-0.3, -0.25) is 4.68 Å². The Bertz CT molecular complexity index is 259. The average molecular weight is 234 g/mol. The minimum Gasteiger partial charge on any atom is -0.314 e. The first-order chi connectivity index (χ1) is 5.65. The Morgan fingerprint density at radius 3 is 2.83 bits per heavy atom. The summed E-state index contributed by atoms with van der Waals surface area (Å²) in [6.45, 7) is 3.33. The zero-order valence-electron chi connectivity index (χ0n) is 7.16. The molecule has 0 unspecified atom stereocenters. The normalized spacial score (nSPS) is 11.1. The van der Waals surface area contributed by atoms with Crippen molar-refractivity contribution < 1.29 is 5.21 Å². The van der Waals surface area contributed by atoms with E-state index in [-0.39, 0.29) is 0 Å². The predicted molar refractivity (Wildman–Crippen MR) is 48.9 cm³/mol. The second kappa shape index (κ2) is 4.02. The summed E-state index contributed by atoms with van der Waals surface area (Å²) < 4.78 is 2.77. The van der Waals surface area contributed by atoms with E-state index in [0.717, 1.165) is 21.8 Å². The summed E-state index contributed by atoms with van der Waals surface area (Å²) >= 11 is 3.40. The fraction of sp³-hybridized carbons (Fsp3) is 0.571. The Hall–Kier alpha value is -0.390. The maximum absolute atomic E-state index is 8.99. The Kier molecular flexibility index (Phi) is 3.25. The van der Waals surface area contributed by atoms with Crippen molar-refractivity contribution in [2.24, 2.45) is 0 Å². The van der Waals surface area contributed by atoms with Crippen molar-refractivity contribution in [1.82, 2.24) is 14.8 Å². The summed E-state index contributed by atoms with van der Waals surface area (Å²) in [5, 5.41) is 14.2. The molecule has 5 heteroatoms. The lowest BCUT2D eigenvalue weighted by Crippen LogP contribution is -2.11. The van der Waals surface area contributed by atoms with Gasteiger partial charge in [-0.15, -0.1) is 0 Å². The summed E-state index contributed by atoms with van der Waals surface area (Å²) in [4.78, 5) is 0. The second-order valence-corrected chi connectivity index (χ2v) is 3.34. The van der Waals surface area contributed by atoms with Crippen molar-refractivity contribution in [2.45, 2.75) is 20.0 Å². The molecule has 1 heterocycles. The van der Waals surface area contributed by atoms with E-state index in [1.807, 2.05) is 11.6 Å². The van der Waals surface area contributed by atoms with Crippen LogP contribution in [0.25, 0.3) is 0 Å². The van der Waals surface area contributed by atoms with Crippen molar-refractivity contribution in [3.63, 3.8) is 0 Å². The Morgan fingerprint density at radius 1 is 1.75 bits per heavy atom. The van der Waals surface area contributed by atoms with Crippen molar-refractivity contribution in [3.05, 3.63) is 16.4 Å². The molecule has 1 N–H and O–H groups in total. The van der Waals surface area contributed by atoms with Crippen molar-refractivity contribution >= 4 is 15.9 Å². The monoisotopic (exact) mass is 233 g/mol. The molecule has 12 heavy (non-hydrogen) atoms. The van der Waals surface area contributed by atoms with Crippen LogP contribution in [-0.2, 0) is 13.1 Å². The standard InChI is InChI=1S/C7H12BrN3O/c1-3-11-7(8)6(4-9-11)5-10(2)12/h4,12H,3,5H2,1-2H3. The minimum atomic E-state index is 0.487. The van der Waals surface area contributed by atoms with Gasteiger partial charge >= 0.3 is 0 Å². The summed E-state index contributed by atoms with van der Waals surface area (Å²) in [7, 11) is 1.61. The van der Waals surface area contributed by atoms with Gasteiger partial charge in [0, 0.05) is 19.2 Å². The lowest BCUT2D eigenvalue weighted by Gasteiger charge is -2.06. The molecule has 0 amide bonds. The smallest absolute Gasteiger partial charge is 0.108 e. The van der Waals surface area contributed by atoms with Crippen LogP contribution in [0, 0.1) is 0 Å². The van der Waals surface area contributed by atoms with Gasteiger partial charge in [0.25, 0.3) is 0 Å². The topological polar surface area (TPSA) is 41.3 Å². The molecule has 0 bridgehead atoms. The van der Waals surface area contributed by atoms with E-state index in [2.05, 4.69) is 21.0 Å². The number of hydrogen-bond donors (Lipinski definition) is 1. The van der Waals surface area contributed by atoms with Crippen LogP contribution in [0.2, 0.25) is 0 Å². The number of nitrogens with zero attached hydrogens (tertiary/aromatic N) is 3. The third-order valence-electron chi connectivity index (χ3n) is 1.54. The first-order valence-electron chi connectivity index (χ1n) is 3.75. The van der Waals surface area contributed by atoms with Gasteiger partial charge in [-0.2, -0.15) is 10.2 Å². The molecule has 0 radical (unpaired) electrons. The third-order valence-corrected chi connectivity index (χ3v) is 2.46. The quantitative estimate of drug-likeness (QED) is 0.805. The Balaban J connectivity index is 2.80. The summed E-state index contributed by atoms with van der Waals surface area (Å²) in [5.74, 6) is 0. The number of aryl methyl sites for hydroxylation is 1. The van der Waals surface area contributed by atoms with Gasteiger partial charge in [-0.05, 0) is 22.9 Å². The number of halogens is 1. The molecular formula is C7H12BrN3O. The van der Waals surface area contributed by atoms with E-state index in [9.17, 15) is 0 Å². The first-order valence-corrected chi connectivity index (χ1v) is 4.54. The molecule has 1 aromatic rings. The molecule has 1 rings (SSSR count).